The molecular formula is C8H20O3SSi. The van der Waals surface area contributed by atoms with Crippen molar-refractivity contribution in [3.8, 4) is 0 Å². The molecule has 0 aliphatic heterocycles. The van der Waals surface area contributed by atoms with Crippen molar-refractivity contribution in [1.29, 1.82) is 0 Å². The van der Waals surface area contributed by atoms with E-state index >= 15 is 0 Å². The summed E-state index contributed by atoms with van der Waals surface area (Å²) in [5, 5.41) is 0. The fourth-order valence-corrected chi connectivity index (χ4v) is 2.73. The average Bonchev–Trinajstić information content (AvgIpc) is 2.17. The van der Waals surface area contributed by atoms with Gasteiger partial charge in [0.15, 0.2) is 6.29 Å². The van der Waals surface area contributed by atoms with Gasteiger partial charge in [-0.2, -0.15) is 12.6 Å². The summed E-state index contributed by atoms with van der Waals surface area (Å²) in [6.45, 7) is 0.543. The summed E-state index contributed by atoms with van der Waals surface area (Å²) < 4.78 is 15.4. The van der Waals surface area contributed by atoms with Crippen LogP contribution in [0.25, 0.3) is 0 Å². The highest BCUT2D eigenvalue weighted by atomic mass is 32.1. The van der Waals surface area contributed by atoms with Gasteiger partial charge in [-0.1, -0.05) is 6.04 Å². The first kappa shape index (κ1) is 13.4. The monoisotopic (exact) mass is 224 g/mol. The van der Waals surface area contributed by atoms with Crippen LogP contribution in [0.2, 0.25) is 6.04 Å². The number of hydrogen-bond acceptors (Lipinski definition) is 4. The molecule has 80 valence electrons. The Morgan fingerprint density at radius 3 is 2.54 bits per heavy atom. The van der Waals surface area contributed by atoms with E-state index < -0.39 is 0 Å². The van der Waals surface area contributed by atoms with Crippen LogP contribution in [0.3, 0.4) is 0 Å². The third kappa shape index (κ3) is 8.77. The molecule has 0 aromatic rings. The van der Waals surface area contributed by atoms with Crippen molar-refractivity contribution in [1.82, 2.24) is 0 Å². The highest BCUT2D eigenvalue weighted by Gasteiger charge is 2.03. The number of hydrogen-bond donors (Lipinski definition) is 1. The Labute approximate surface area is 88.4 Å². The minimum atomic E-state index is -0.209. The largest absolute Gasteiger partial charge is 0.380 e. The van der Waals surface area contributed by atoms with E-state index in [0.717, 1.165) is 12.0 Å². The van der Waals surface area contributed by atoms with Crippen molar-refractivity contribution in [3.05, 3.63) is 0 Å². The molecule has 5 heteroatoms. The van der Waals surface area contributed by atoms with Crippen LogP contribution in [0.1, 0.15) is 6.42 Å². The van der Waals surface area contributed by atoms with E-state index in [2.05, 4.69) is 12.6 Å². The molecule has 0 saturated carbocycles. The zero-order valence-corrected chi connectivity index (χ0v) is 10.8. The minimum absolute atomic E-state index is 0.0402. The second kappa shape index (κ2) is 10.5. The lowest BCUT2D eigenvalue weighted by Gasteiger charge is -2.12. The SMILES string of the molecule is COC(COC[SiH2]CCCS)OC. The Kier molecular flexibility index (Phi) is 10.9. The lowest BCUT2D eigenvalue weighted by Crippen LogP contribution is -2.21. The first-order valence-electron chi connectivity index (χ1n) is 4.59. The number of rotatable bonds is 9. The number of methoxy groups -OCH3 is 2. The van der Waals surface area contributed by atoms with Crippen LogP contribution in [0, 0.1) is 0 Å². The summed E-state index contributed by atoms with van der Waals surface area (Å²) in [7, 11) is 3.20. The Morgan fingerprint density at radius 1 is 1.31 bits per heavy atom. The molecule has 0 saturated heterocycles. The first-order chi connectivity index (χ1) is 6.35. The van der Waals surface area contributed by atoms with Crippen LogP contribution in [0.5, 0.6) is 0 Å². The number of ether oxygens (including phenoxy) is 3. The van der Waals surface area contributed by atoms with Gasteiger partial charge in [-0.05, 0) is 12.2 Å². The molecule has 0 unspecified atom stereocenters. The Balaban J connectivity index is 3.05. The van der Waals surface area contributed by atoms with Crippen molar-refractivity contribution >= 4 is 22.1 Å². The van der Waals surface area contributed by atoms with Gasteiger partial charge in [0.25, 0.3) is 0 Å². The van der Waals surface area contributed by atoms with E-state index in [-0.39, 0.29) is 15.8 Å². The summed E-state index contributed by atoms with van der Waals surface area (Å²) in [5.74, 6) is 0.992. The van der Waals surface area contributed by atoms with E-state index in [9.17, 15) is 0 Å². The summed E-state index contributed by atoms with van der Waals surface area (Å²) >= 11 is 4.15. The fraction of sp³-hybridized carbons (Fsp3) is 1.00. The molecule has 0 aromatic heterocycles. The molecule has 0 radical (unpaired) electrons. The molecule has 0 amide bonds. The van der Waals surface area contributed by atoms with E-state index in [0.29, 0.717) is 6.61 Å². The van der Waals surface area contributed by atoms with Crippen LogP contribution in [-0.4, -0.2) is 48.6 Å². The lowest BCUT2D eigenvalue weighted by atomic mass is 10.6. The maximum Gasteiger partial charge on any atom is 0.180 e. The predicted octanol–water partition coefficient (Wildman–Crippen LogP) is 0.486. The summed E-state index contributed by atoms with van der Waals surface area (Å²) in [4.78, 5) is 0. The normalized spacial score (nSPS) is 12.0. The van der Waals surface area contributed by atoms with Crippen LogP contribution in [0.4, 0.5) is 0 Å². The molecule has 0 aliphatic carbocycles. The van der Waals surface area contributed by atoms with Gasteiger partial charge < -0.3 is 14.2 Å². The zero-order chi connectivity index (χ0) is 9.94. The quantitative estimate of drug-likeness (QED) is 0.267. The molecule has 0 aromatic carbocycles. The first-order valence-corrected chi connectivity index (χ1v) is 7.22. The maximum atomic E-state index is 5.41. The summed E-state index contributed by atoms with van der Waals surface area (Å²) in [6.07, 6.45) is 1.92. The molecule has 0 aliphatic rings. The summed E-state index contributed by atoms with van der Waals surface area (Å²) in [6, 6.07) is 1.31. The standard InChI is InChI=1S/C8H20O3SSi/c1-9-8(10-2)6-11-7-13-5-3-4-12/h8,12H,3-7,13H2,1-2H3. The highest BCUT2D eigenvalue weighted by molar-refractivity contribution is 7.80. The molecule has 0 N–H and O–H groups in total. The molecule has 0 heterocycles. The van der Waals surface area contributed by atoms with E-state index in [1.54, 1.807) is 14.2 Å². The molecule has 0 atom stereocenters. The molecule has 0 bridgehead atoms. The second-order valence-corrected chi connectivity index (χ2v) is 5.03. The van der Waals surface area contributed by atoms with Gasteiger partial charge in [-0.15, -0.1) is 0 Å². The topological polar surface area (TPSA) is 27.7 Å². The predicted molar refractivity (Wildman–Crippen MR) is 60.4 cm³/mol. The van der Waals surface area contributed by atoms with Crippen molar-refractivity contribution in [2.24, 2.45) is 0 Å². The average molecular weight is 224 g/mol. The molecule has 0 rings (SSSR count). The molecule has 3 nitrogen and oxygen atoms in total. The molecular weight excluding hydrogens is 204 g/mol. The van der Waals surface area contributed by atoms with Gasteiger partial charge in [0.2, 0.25) is 0 Å². The maximum absolute atomic E-state index is 5.41. The third-order valence-electron chi connectivity index (χ3n) is 1.73. The van der Waals surface area contributed by atoms with Crippen LogP contribution in [-0.2, 0) is 14.2 Å². The molecule has 0 fully saturated rings. The van der Waals surface area contributed by atoms with Gasteiger partial charge in [0.05, 0.1) is 16.1 Å². The Morgan fingerprint density at radius 2 is 2.00 bits per heavy atom. The fourth-order valence-electron chi connectivity index (χ4n) is 0.905. The zero-order valence-electron chi connectivity index (χ0n) is 8.49. The van der Waals surface area contributed by atoms with E-state index in [1.807, 2.05) is 0 Å². The summed E-state index contributed by atoms with van der Waals surface area (Å²) in [5.41, 5.74) is 0. The van der Waals surface area contributed by atoms with Crippen LogP contribution in [0.15, 0.2) is 0 Å². The molecule has 0 spiro atoms. The van der Waals surface area contributed by atoms with Gasteiger partial charge in [0, 0.05) is 20.4 Å². The lowest BCUT2D eigenvalue weighted by molar-refractivity contribution is -0.136. The van der Waals surface area contributed by atoms with E-state index in [1.165, 1.54) is 12.5 Å². The van der Waals surface area contributed by atoms with Crippen molar-refractivity contribution < 1.29 is 14.2 Å². The van der Waals surface area contributed by atoms with Crippen molar-refractivity contribution in [2.75, 3.05) is 32.8 Å². The van der Waals surface area contributed by atoms with Crippen molar-refractivity contribution in [2.45, 2.75) is 18.8 Å². The second-order valence-electron chi connectivity index (χ2n) is 2.76. The third-order valence-corrected chi connectivity index (χ3v) is 3.62. The van der Waals surface area contributed by atoms with Crippen LogP contribution >= 0.6 is 12.6 Å². The number of thiol groups is 1. The minimum Gasteiger partial charge on any atom is -0.380 e. The van der Waals surface area contributed by atoms with Gasteiger partial charge in [-0.3, -0.25) is 0 Å². The Bertz CT molecular complexity index is 101. The Hall–Kier alpha value is 0.447. The molecule has 13 heavy (non-hydrogen) atoms. The smallest absolute Gasteiger partial charge is 0.180 e. The van der Waals surface area contributed by atoms with Gasteiger partial charge in [-0.25, -0.2) is 0 Å². The van der Waals surface area contributed by atoms with Gasteiger partial charge in [0.1, 0.15) is 0 Å². The van der Waals surface area contributed by atoms with E-state index in [4.69, 9.17) is 14.2 Å². The highest BCUT2D eigenvalue weighted by Crippen LogP contribution is 1.94. The van der Waals surface area contributed by atoms with Crippen LogP contribution < -0.4 is 0 Å². The van der Waals surface area contributed by atoms with Crippen molar-refractivity contribution in [3.63, 3.8) is 0 Å². The van der Waals surface area contributed by atoms with Gasteiger partial charge >= 0.3 is 0 Å².